The number of alkyl halides is 2. The number of piperidine rings is 1. The summed E-state index contributed by atoms with van der Waals surface area (Å²) < 4.78 is 30.3. The summed E-state index contributed by atoms with van der Waals surface area (Å²) in [6.07, 6.45) is -1.15. The van der Waals surface area contributed by atoms with Gasteiger partial charge in [-0.15, -0.1) is 0 Å². The first kappa shape index (κ1) is 24.4. The largest absolute Gasteiger partial charge is 0.444 e. The lowest BCUT2D eigenvalue weighted by Crippen LogP contribution is -2.53. The summed E-state index contributed by atoms with van der Waals surface area (Å²) in [7, 11) is 1.69. The van der Waals surface area contributed by atoms with Gasteiger partial charge in [-0.25, -0.2) is 13.6 Å². The lowest BCUT2D eigenvalue weighted by molar-refractivity contribution is 0.0491. The van der Waals surface area contributed by atoms with Gasteiger partial charge in [-0.1, -0.05) is 13.8 Å². The topological polar surface area (TPSA) is 78.0 Å². The molecule has 1 heterocycles. The average Bonchev–Trinajstić information content (AvgIpc) is 2.56. The summed E-state index contributed by atoms with van der Waals surface area (Å²) >= 11 is 0. The van der Waals surface area contributed by atoms with Crippen LogP contribution in [0.2, 0.25) is 0 Å². The normalized spacial score (nSPS) is 18.3. The maximum absolute atomic E-state index is 12.5. The molecule has 1 aliphatic heterocycles. The van der Waals surface area contributed by atoms with Crippen LogP contribution in [0.3, 0.4) is 0 Å². The monoisotopic (exact) mass is 405 g/mol. The van der Waals surface area contributed by atoms with Gasteiger partial charge >= 0.3 is 6.09 Å². The number of carbonyl (C=O) groups excluding carboxylic acids is 1. The first-order valence-corrected chi connectivity index (χ1v) is 9.97. The first-order valence-electron chi connectivity index (χ1n) is 9.97. The van der Waals surface area contributed by atoms with Gasteiger partial charge in [0.15, 0.2) is 5.96 Å². The zero-order valence-electron chi connectivity index (χ0n) is 18.0. The SMILES string of the molecule is CN=C(NCC(NC(=O)OC(C)(C)C)C(C)C)NC1CCN(CC(F)F)CC1. The molecule has 0 aliphatic carbocycles. The second-order valence-corrected chi connectivity index (χ2v) is 8.56. The number of hydrogen-bond acceptors (Lipinski definition) is 4. The van der Waals surface area contributed by atoms with Gasteiger partial charge in [0.25, 0.3) is 6.43 Å². The third-order valence-corrected chi connectivity index (χ3v) is 4.54. The zero-order chi connectivity index (χ0) is 21.3. The van der Waals surface area contributed by atoms with Crippen molar-refractivity contribution in [3.05, 3.63) is 0 Å². The standard InChI is InChI=1S/C19H37F2N5O2/c1-13(2)15(25-18(27)28-19(3,4)5)11-23-17(22-6)24-14-7-9-26(10-8-14)12-16(20)21/h13-16H,7-12H2,1-6H3,(H,25,27)(H2,22,23,24). The Balaban J connectivity index is 2.45. The van der Waals surface area contributed by atoms with E-state index in [-0.39, 0.29) is 24.5 Å². The van der Waals surface area contributed by atoms with E-state index in [2.05, 4.69) is 20.9 Å². The number of likely N-dealkylation sites (tertiary alicyclic amines) is 1. The van der Waals surface area contributed by atoms with Gasteiger partial charge in [0.2, 0.25) is 0 Å². The van der Waals surface area contributed by atoms with Crippen LogP contribution in [0.5, 0.6) is 0 Å². The molecule has 0 aromatic carbocycles. The second-order valence-electron chi connectivity index (χ2n) is 8.56. The molecule has 0 spiro atoms. The Bertz CT molecular complexity index is 501. The zero-order valence-corrected chi connectivity index (χ0v) is 18.0. The molecule has 3 N–H and O–H groups in total. The number of amides is 1. The van der Waals surface area contributed by atoms with Crippen molar-refractivity contribution in [2.45, 2.75) is 71.6 Å². The molecular weight excluding hydrogens is 368 g/mol. The van der Waals surface area contributed by atoms with Gasteiger partial charge in [0.05, 0.1) is 12.6 Å². The molecule has 7 nitrogen and oxygen atoms in total. The van der Waals surface area contributed by atoms with Crippen molar-refractivity contribution in [2.75, 3.05) is 33.2 Å². The maximum atomic E-state index is 12.5. The molecule has 0 radical (unpaired) electrons. The highest BCUT2D eigenvalue weighted by molar-refractivity contribution is 5.80. The van der Waals surface area contributed by atoms with Crippen molar-refractivity contribution >= 4 is 12.1 Å². The fourth-order valence-electron chi connectivity index (χ4n) is 2.96. The number of nitrogens with zero attached hydrogens (tertiary/aromatic N) is 2. The fourth-order valence-corrected chi connectivity index (χ4v) is 2.96. The van der Waals surface area contributed by atoms with Crippen LogP contribution < -0.4 is 16.0 Å². The molecule has 1 aliphatic rings. The lowest BCUT2D eigenvalue weighted by atomic mass is 10.0. The molecule has 1 unspecified atom stereocenters. The van der Waals surface area contributed by atoms with Crippen LogP contribution in [0.1, 0.15) is 47.5 Å². The number of halogens is 2. The number of hydrogen-bond donors (Lipinski definition) is 3. The van der Waals surface area contributed by atoms with E-state index in [1.54, 1.807) is 11.9 Å². The van der Waals surface area contributed by atoms with E-state index in [1.807, 2.05) is 34.6 Å². The van der Waals surface area contributed by atoms with Gasteiger partial charge in [-0.05, 0) is 39.5 Å². The highest BCUT2D eigenvalue weighted by Crippen LogP contribution is 2.12. The smallest absolute Gasteiger partial charge is 0.407 e. The molecule has 9 heteroatoms. The highest BCUT2D eigenvalue weighted by atomic mass is 19.3. The maximum Gasteiger partial charge on any atom is 0.407 e. The van der Waals surface area contributed by atoms with Crippen LogP contribution in [0.15, 0.2) is 4.99 Å². The highest BCUT2D eigenvalue weighted by Gasteiger charge is 2.24. The van der Waals surface area contributed by atoms with Gasteiger partial charge in [0, 0.05) is 32.7 Å². The Kier molecular flexibility index (Phi) is 9.92. The molecule has 0 bridgehead atoms. The van der Waals surface area contributed by atoms with E-state index in [0.717, 1.165) is 12.8 Å². The Morgan fingerprint density at radius 1 is 1.25 bits per heavy atom. The number of nitrogens with one attached hydrogen (secondary N) is 3. The van der Waals surface area contributed by atoms with Crippen molar-refractivity contribution < 1.29 is 18.3 Å². The minimum atomic E-state index is -2.29. The van der Waals surface area contributed by atoms with Crippen LogP contribution >= 0.6 is 0 Å². The molecule has 164 valence electrons. The Morgan fingerprint density at radius 3 is 2.32 bits per heavy atom. The molecule has 1 rings (SSSR count). The summed E-state index contributed by atoms with van der Waals surface area (Å²) in [6.45, 7) is 11.2. The third-order valence-electron chi connectivity index (χ3n) is 4.54. The molecule has 28 heavy (non-hydrogen) atoms. The van der Waals surface area contributed by atoms with Crippen LogP contribution in [-0.4, -0.2) is 74.3 Å². The number of carbonyl (C=O) groups is 1. The van der Waals surface area contributed by atoms with E-state index in [0.29, 0.717) is 25.6 Å². The number of guanidine groups is 1. The van der Waals surface area contributed by atoms with Crippen LogP contribution in [0.4, 0.5) is 13.6 Å². The Hall–Kier alpha value is -1.64. The minimum Gasteiger partial charge on any atom is -0.444 e. The van der Waals surface area contributed by atoms with Crippen LogP contribution in [0.25, 0.3) is 0 Å². The average molecular weight is 406 g/mol. The number of aliphatic imine (C=N–C) groups is 1. The van der Waals surface area contributed by atoms with E-state index < -0.39 is 18.1 Å². The minimum absolute atomic E-state index is 0.124. The summed E-state index contributed by atoms with van der Waals surface area (Å²) in [5.74, 6) is 0.847. The summed E-state index contributed by atoms with van der Waals surface area (Å²) in [6, 6.07) is 0.0673. The second kappa shape index (κ2) is 11.4. The molecule has 0 saturated carbocycles. The fraction of sp³-hybridized carbons (Fsp3) is 0.895. The number of rotatable bonds is 7. The molecule has 1 fully saturated rings. The molecule has 0 aromatic rings. The van der Waals surface area contributed by atoms with Crippen LogP contribution in [0, 0.1) is 5.92 Å². The van der Waals surface area contributed by atoms with Gasteiger partial charge < -0.3 is 20.7 Å². The van der Waals surface area contributed by atoms with Crippen LogP contribution in [-0.2, 0) is 4.74 Å². The van der Waals surface area contributed by atoms with E-state index in [9.17, 15) is 13.6 Å². The predicted octanol–water partition coefficient (Wildman–Crippen LogP) is 2.43. The quantitative estimate of drug-likeness (QED) is 0.448. The van der Waals surface area contributed by atoms with E-state index >= 15 is 0 Å². The molecule has 1 saturated heterocycles. The predicted molar refractivity (Wildman–Crippen MR) is 108 cm³/mol. The van der Waals surface area contributed by atoms with Crippen molar-refractivity contribution in [1.82, 2.24) is 20.9 Å². The van der Waals surface area contributed by atoms with Crippen molar-refractivity contribution in [1.29, 1.82) is 0 Å². The van der Waals surface area contributed by atoms with Gasteiger partial charge in [0.1, 0.15) is 5.60 Å². The molecule has 1 amide bonds. The Morgan fingerprint density at radius 2 is 1.86 bits per heavy atom. The lowest BCUT2D eigenvalue weighted by Gasteiger charge is -2.33. The van der Waals surface area contributed by atoms with Crippen molar-refractivity contribution in [3.63, 3.8) is 0 Å². The van der Waals surface area contributed by atoms with Gasteiger partial charge in [-0.3, -0.25) is 9.89 Å². The number of ether oxygens (including phenoxy) is 1. The number of alkyl carbamates (subject to hydrolysis) is 1. The van der Waals surface area contributed by atoms with Gasteiger partial charge in [-0.2, -0.15) is 0 Å². The van der Waals surface area contributed by atoms with E-state index in [4.69, 9.17) is 4.74 Å². The summed E-state index contributed by atoms with van der Waals surface area (Å²) in [5.41, 5.74) is -0.546. The van der Waals surface area contributed by atoms with Crippen molar-refractivity contribution in [3.8, 4) is 0 Å². The summed E-state index contributed by atoms with van der Waals surface area (Å²) in [5, 5.41) is 9.49. The molecule has 1 atom stereocenters. The molecule has 0 aromatic heterocycles. The van der Waals surface area contributed by atoms with E-state index in [1.165, 1.54) is 0 Å². The first-order chi connectivity index (χ1) is 13.0. The van der Waals surface area contributed by atoms with Crippen molar-refractivity contribution in [2.24, 2.45) is 10.9 Å². The Labute approximate surface area is 167 Å². The summed E-state index contributed by atoms with van der Waals surface area (Å²) in [4.78, 5) is 18.1. The molecular formula is C19H37F2N5O2. The third kappa shape index (κ3) is 10.1.